The summed E-state index contributed by atoms with van der Waals surface area (Å²) in [6.45, 7) is 7.74. The number of benzene rings is 1. The molecule has 1 aliphatic heterocycles. The van der Waals surface area contributed by atoms with Crippen LogP contribution in [0.4, 0.5) is 5.69 Å². The highest BCUT2D eigenvalue weighted by molar-refractivity contribution is 5.89. The molecule has 9 heteroatoms. The summed E-state index contributed by atoms with van der Waals surface area (Å²) >= 11 is 0. The summed E-state index contributed by atoms with van der Waals surface area (Å²) in [5.41, 5.74) is 5.26. The van der Waals surface area contributed by atoms with E-state index < -0.39 is 15.9 Å². The maximum absolute atomic E-state index is 13.1. The topological polar surface area (TPSA) is 108 Å². The number of nitrogens with zero attached hydrogens (tertiary/aromatic N) is 2. The molecular weight excluding hydrogens is 398 g/mol. The Bertz CT molecular complexity index is 734. The van der Waals surface area contributed by atoms with Crippen LogP contribution in [0, 0.1) is 15.5 Å². The van der Waals surface area contributed by atoms with E-state index >= 15 is 0 Å². The molecule has 0 radical (unpaired) electrons. The van der Waals surface area contributed by atoms with Crippen molar-refractivity contribution < 1.29 is 19.2 Å². The highest BCUT2D eigenvalue weighted by Gasteiger charge is 2.63. The molecule has 1 saturated heterocycles. The Balaban J connectivity index is 0.00000300. The van der Waals surface area contributed by atoms with Crippen molar-refractivity contribution in [2.45, 2.75) is 57.8 Å². The minimum absolute atomic E-state index is 0. The van der Waals surface area contributed by atoms with Gasteiger partial charge in [0.15, 0.2) is 0 Å². The number of piperidine rings is 1. The summed E-state index contributed by atoms with van der Waals surface area (Å²) in [4.78, 5) is 25.2. The van der Waals surface area contributed by atoms with E-state index in [9.17, 15) is 14.9 Å². The SMILES string of the molecule is CCOC1CC(N)(C(=O)N2CCC(Oc3ccc([N+](=O)[O-])cc3)CC2)C1(C)C.Cl. The van der Waals surface area contributed by atoms with Crippen LogP contribution in [0.5, 0.6) is 5.75 Å². The molecule has 2 N–H and O–H groups in total. The van der Waals surface area contributed by atoms with E-state index in [-0.39, 0.29) is 36.2 Å². The second kappa shape index (κ2) is 8.85. The minimum atomic E-state index is -0.890. The zero-order valence-electron chi connectivity index (χ0n) is 17.1. The summed E-state index contributed by atoms with van der Waals surface area (Å²) in [5.74, 6) is 0.590. The van der Waals surface area contributed by atoms with Crippen molar-refractivity contribution in [1.29, 1.82) is 0 Å². The molecule has 0 aromatic heterocycles. The van der Waals surface area contributed by atoms with Gasteiger partial charge in [-0.1, -0.05) is 13.8 Å². The second-order valence-corrected chi connectivity index (χ2v) is 8.20. The maximum atomic E-state index is 13.1. The van der Waals surface area contributed by atoms with Crippen LogP contribution in [-0.4, -0.2) is 53.2 Å². The highest BCUT2D eigenvalue weighted by atomic mass is 35.5. The number of amides is 1. The van der Waals surface area contributed by atoms with Crippen molar-refractivity contribution in [2.24, 2.45) is 11.1 Å². The Labute approximate surface area is 177 Å². The number of non-ortho nitro benzene ring substituents is 1. The van der Waals surface area contributed by atoms with Crippen molar-refractivity contribution >= 4 is 24.0 Å². The average Bonchev–Trinajstić information content (AvgIpc) is 2.68. The van der Waals surface area contributed by atoms with Gasteiger partial charge in [0, 0.05) is 56.5 Å². The van der Waals surface area contributed by atoms with Gasteiger partial charge >= 0.3 is 0 Å². The third-order valence-corrected chi connectivity index (χ3v) is 6.29. The molecule has 2 atom stereocenters. The van der Waals surface area contributed by atoms with E-state index in [0.29, 0.717) is 44.7 Å². The fourth-order valence-electron chi connectivity index (χ4n) is 4.10. The van der Waals surface area contributed by atoms with Gasteiger partial charge in [-0.3, -0.25) is 14.9 Å². The van der Waals surface area contributed by atoms with Crippen molar-refractivity contribution in [1.82, 2.24) is 4.90 Å². The lowest BCUT2D eigenvalue weighted by molar-refractivity contribution is -0.384. The van der Waals surface area contributed by atoms with Gasteiger partial charge in [-0.15, -0.1) is 12.4 Å². The number of halogens is 1. The van der Waals surface area contributed by atoms with Crippen LogP contribution in [0.2, 0.25) is 0 Å². The third-order valence-electron chi connectivity index (χ3n) is 6.29. The first kappa shape index (κ1) is 23.4. The van der Waals surface area contributed by atoms with E-state index in [1.54, 1.807) is 12.1 Å². The molecule has 1 amide bonds. The number of nitrogens with two attached hydrogens (primary N) is 1. The summed E-state index contributed by atoms with van der Waals surface area (Å²) in [7, 11) is 0. The molecule has 3 rings (SSSR count). The van der Waals surface area contributed by atoms with Gasteiger partial charge in [0.05, 0.1) is 11.0 Å². The number of ether oxygens (including phenoxy) is 2. The number of carbonyl (C=O) groups is 1. The van der Waals surface area contributed by atoms with Crippen LogP contribution in [0.3, 0.4) is 0 Å². The summed E-state index contributed by atoms with van der Waals surface area (Å²) in [6, 6.07) is 6.07. The smallest absolute Gasteiger partial charge is 0.269 e. The predicted molar refractivity (Wildman–Crippen MR) is 111 cm³/mol. The van der Waals surface area contributed by atoms with Gasteiger partial charge in [-0.2, -0.15) is 0 Å². The fraction of sp³-hybridized carbons (Fsp3) is 0.650. The Morgan fingerprint density at radius 2 is 1.86 bits per heavy atom. The lowest BCUT2D eigenvalue weighted by Crippen LogP contribution is -2.76. The number of nitro benzene ring substituents is 1. The second-order valence-electron chi connectivity index (χ2n) is 8.20. The first-order chi connectivity index (χ1) is 13.2. The summed E-state index contributed by atoms with van der Waals surface area (Å²) < 4.78 is 11.6. The number of likely N-dealkylation sites (tertiary alicyclic amines) is 1. The average molecular weight is 428 g/mol. The molecular formula is C20H30ClN3O5. The zero-order valence-corrected chi connectivity index (χ0v) is 17.9. The summed E-state index contributed by atoms with van der Waals surface area (Å²) in [5, 5.41) is 10.7. The molecule has 8 nitrogen and oxygen atoms in total. The van der Waals surface area contributed by atoms with Crippen LogP contribution in [-0.2, 0) is 9.53 Å². The van der Waals surface area contributed by atoms with E-state index in [0.717, 1.165) is 0 Å². The first-order valence-corrected chi connectivity index (χ1v) is 9.80. The van der Waals surface area contributed by atoms with Gasteiger partial charge < -0.3 is 20.1 Å². The third kappa shape index (κ3) is 4.34. The molecule has 1 aromatic rings. The van der Waals surface area contributed by atoms with Crippen LogP contribution in [0.25, 0.3) is 0 Å². The van der Waals surface area contributed by atoms with Crippen LogP contribution in [0.1, 0.15) is 40.0 Å². The van der Waals surface area contributed by atoms with Gasteiger partial charge in [0.1, 0.15) is 17.4 Å². The molecule has 1 aromatic carbocycles. The lowest BCUT2D eigenvalue weighted by atomic mass is 9.54. The van der Waals surface area contributed by atoms with Gasteiger partial charge in [0.25, 0.3) is 5.69 Å². The Morgan fingerprint density at radius 3 is 2.34 bits per heavy atom. The number of hydrogen-bond donors (Lipinski definition) is 1. The number of carbonyl (C=O) groups excluding carboxylic acids is 1. The molecule has 2 unspecified atom stereocenters. The normalized spacial score (nSPS) is 26.2. The largest absolute Gasteiger partial charge is 0.490 e. The van der Waals surface area contributed by atoms with Gasteiger partial charge in [-0.05, 0) is 19.1 Å². The Hall–Kier alpha value is -1.90. The Morgan fingerprint density at radius 1 is 1.28 bits per heavy atom. The van der Waals surface area contributed by atoms with Crippen molar-refractivity contribution in [2.75, 3.05) is 19.7 Å². The van der Waals surface area contributed by atoms with E-state index in [4.69, 9.17) is 15.2 Å². The molecule has 29 heavy (non-hydrogen) atoms. The number of rotatable bonds is 6. The molecule has 0 spiro atoms. The molecule has 1 saturated carbocycles. The summed E-state index contributed by atoms with van der Waals surface area (Å²) in [6.07, 6.45) is 1.94. The van der Waals surface area contributed by atoms with Crippen LogP contribution < -0.4 is 10.5 Å². The predicted octanol–water partition coefficient (Wildman–Crippen LogP) is 2.92. The van der Waals surface area contributed by atoms with Crippen molar-refractivity contribution in [3.63, 3.8) is 0 Å². The van der Waals surface area contributed by atoms with Crippen LogP contribution in [0.15, 0.2) is 24.3 Å². The van der Waals surface area contributed by atoms with E-state index in [2.05, 4.69) is 0 Å². The lowest BCUT2D eigenvalue weighted by Gasteiger charge is -2.59. The van der Waals surface area contributed by atoms with E-state index in [1.807, 2.05) is 25.7 Å². The van der Waals surface area contributed by atoms with E-state index in [1.165, 1.54) is 12.1 Å². The van der Waals surface area contributed by atoms with Crippen molar-refractivity contribution in [3.8, 4) is 5.75 Å². The van der Waals surface area contributed by atoms with Crippen LogP contribution >= 0.6 is 12.4 Å². The zero-order chi connectivity index (χ0) is 20.5. The monoisotopic (exact) mass is 427 g/mol. The van der Waals surface area contributed by atoms with Gasteiger partial charge in [-0.25, -0.2) is 0 Å². The number of hydrogen-bond acceptors (Lipinski definition) is 6. The molecule has 2 aliphatic rings. The quantitative estimate of drug-likeness (QED) is 0.552. The standard InChI is InChI=1S/C20H29N3O5.ClH/c1-4-27-17-13-20(21,19(17,2)3)18(24)22-11-9-16(10-12-22)28-15-7-5-14(6-8-15)23(25)26;/h5-8,16-17H,4,9-13,21H2,1-3H3;1H. The van der Waals surface area contributed by atoms with Gasteiger partial charge in [0.2, 0.25) is 5.91 Å². The Kier molecular flexibility index (Phi) is 7.14. The molecule has 162 valence electrons. The minimum Gasteiger partial charge on any atom is -0.490 e. The molecule has 2 fully saturated rings. The molecule has 1 heterocycles. The number of nitro groups is 1. The highest BCUT2D eigenvalue weighted by Crippen LogP contribution is 2.50. The maximum Gasteiger partial charge on any atom is 0.269 e. The first-order valence-electron chi connectivity index (χ1n) is 9.80. The molecule has 1 aliphatic carbocycles. The fourth-order valence-corrected chi connectivity index (χ4v) is 4.10. The van der Waals surface area contributed by atoms with Crippen molar-refractivity contribution in [3.05, 3.63) is 34.4 Å². The molecule has 0 bridgehead atoms.